The average Bonchev–Trinajstić information content (AvgIpc) is 2.99. The lowest BCUT2D eigenvalue weighted by atomic mass is 9.96. The van der Waals surface area contributed by atoms with Gasteiger partial charge >= 0.3 is 0 Å². The first-order valence-corrected chi connectivity index (χ1v) is 6.93. The van der Waals surface area contributed by atoms with Gasteiger partial charge in [-0.05, 0) is 24.5 Å². The Labute approximate surface area is 130 Å². The van der Waals surface area contributed by atoms with Gasteiger partial charge in [-0.2, -0.15) is 10.5 Å². The summed E-state index contributed by atoms with van der Waals surface area (Å²) in [6.07, 6.45) is 3.73. The number of nitrogens with zero attached hydrogens (tertiary/aromatic N) is 4. The van der Waals surface area contributed by atoms with Crippen molar-refractivity contribution in [2.45, 2.75) is 25.4 Å². The molecule has 0 aliphatic heterocycles. The third-order valence-electron chi connectivity index (χ3n) is 3.42. The lowest BCUT2D eigenvalue weighted by Gasteiger charge is -2.26. The first kappa shape index (κ1) is 14.9. The van der Waals surface area contributed by atoms with Crippen molar-refractivity contribution in [3.8, 4) is 11.8 Å². The van der Waals surface area contributed by atoms with Crippen LogP contribution in [-0.2, 0) is 0 Å². The molecule has 0 saturated heterocycles. The van der Waals surface area contributed by atoms with Gasteiger partial charge in [-0.1, -0.05) is 0 Å². The molecule has 2 N–H and O–H groups in total. The molecule has 23 heavy (non-hydrogen) atoms. The molecule has 118 valence electrons. The molecule has 1 aliphatic carbocycles. The highest BCUT2D eigenvalue weighted by Gasteiger charge is 2.23. The Bertz CT molecular complexity index is 741. The molecule has 1 heterocycles. The first-order chi connectivity index (χ1) is 11.2. The molecule has 3 rings (SSSR count). The van der Waals surface area contributed by atoms with Gasteiger partial charge in [0.2, 0.25) is 5.82 Å². The molecular weight excluding hydrogens is 306 g/mol. The van der Waals surface area contributed by atoms with E-state index in [1.54, 1.807) is 0 Å². The fraction of sp³-hybridized carbons (Fsp3) is 0.286. The topological polar surface area (TPSA) is 99.5 Å². The predicted molar refractivity (Wildman–Crippen MR) is 76.0 cm³/mol. The third-order valence-corrected chi connectivity index (χ3v) is 3.42. The summed E-state index contributed by atoms with van der Waals surface area (Å²) >= 11 is 0. The third kappa shape index (κ3) is 3.26. The number of allylic oxidation sites excluding steroid dienone is 1. The van der Waals surface area contributed by atoms with E-state index in [1.165, 1.54) is 6.20 Å². The Morgan fingerprint density at radius 2 is 2.13 bits per heavy atom. The van der Waals surface area contributed by atoms with E-state index in [0.29, 0.717) is 0 Å². The maximum absolute atomic E-state index is 14.0. The number of rotatable bonds is 5. The van der Waals surface area contributed by atoms with Gasteiger partial charge in [0.25, 0.3) is 0 Å². The fourth-order valence-corrected chi connectivity index (χ4v) is 1.99. The van der Waals surface area contributed by atoms with Crippen LogP contribution in [0, 0.1) is 23.0 Å². The molecule has 1 aromatic carbocycles. The van der Waals surface area contributed by atoms with Crippen molar-refractivity contribution in [3.63, 3.8) is 0 Å². The lowest BCUT2D eigenvalue weighted by molar-refractivity contribution is 0.109. The maximum Gasteiger partial charge on any atom is 0.216 e. The van der Waals surface area contributed by atoms with Crippen molar-refractivity contribution >= 4 is 11.3 Å². The summed E-state index contributed by atoms with van der Waals surface area (Å²) < 4.78 is 33.3. The van der Waals surface area contributed by atoms with Crippen LogP contribution in [0.4, 0.5) is 14.5 Å². The monoisotopic (exact) mass is 318 g/mol. The molecule has 0 amide bonds. The minimum atomic E-state index is -0.800. The number of hydrogen-bond donors (Lipinski definition) is 2. The van der Waals surface area contributed by atoms with Crippen molar-refractivity contribution in [1.29, 1.82) is 5.26 Å². The van der Waals surface area contributed by atoms with Gasteiger partial charge in [-0.15, -0.1) is 10.2 Å². The number of aromatic amines is 1. The zero-order valence-electron chi connectivity index (χ0n) is 11.9. The Hall–Kier alpha value is -3.02. The van der Waals surface area contributed by atoms with Crippen LogP contribution >= 0.6 is 0 Å². The molecular formula is C14H12F2N6O. The second kappa shape index (κ2) is 6.39. The highest BCUT2D eigenvalue weighted by Crippen LogP contribution is 2.31. The Morgan fingerprint density at radius 1 is 1.39 bits per heavy atom. The van der Waals surface area contributed by atoms with Crippen molar-refractivity contribution in [1.82, 2.24) is 20.6 Å². The SMILES string of the molecule is N#CC(=CNc1cc(F)c(OC2CCC2)c(F)c1)c1nn[nH]n1. The van der Waals surface area contributed by atoms with Crippen LogP contribution in [0.1, 0.15) is 25.1 Å². The molecule has 7 nitrogen and oxygen atoms in total. The summed E-state index contributed by atoms with van der Waals surface area (Å²) in [7, 11) is 0. The average molecular weight is 318 g/mol. The zero-order chi connectivity index (χ0) is 16.2. The molecule has 1 fully saturated rings. The van der Waals surface area contributed by atoms with E-state index < -0.39 is 11.6 Å². The van der Waals surface area contributed by atoms with Gasteiger partial charge in [-0.3, -0.25) is 0 Å². The van der Waals surface area contributed by atoms with Gasteiger partial charge in [0, 0.05) is 24.0 Å². The minimum Gasteiger partial charge on any atom is -0.484 e. The highest BCUT2D eigenvalue weighted by atomic mass is 19.1. The second-order valence-electron chi connectivity index (χ2n) is 4.99. The fourth-order valence-electron chi connectivity index (χ4n) is 1.99. The van der Waals surface area contributed by atoms with Crippen LogP contribution in [0.2, 0.25) is 0 Å². The number of halogens is 2. The largest absolute Gasteiger partial charge is 0.484 e. The van der Waals surface area contributed by atoms with Crippen LogP contribution in [0.25, 0.3) is 5.57 Å². The van der Waals surface area contributed by atoms with Crippen LogP contribution in [-0.4, -0.2) is 26.7 Å². The number of anilines is 1. The van der Waals surface area contributed by atoms with Crippen molar-refractivity contribution in [2.75, 3.05) is 5.32 Å². The van der Waals surface area contributed by atoms with E-state index in [4.69, 9.17) is 10.00 Å². The Morgan fingerprint density at radius 3 is 2.65 bits per heavy atom. The number of nitrogens with one attached hydrogen (secondary N) is 2. The van der Waals surface area contributed by atoms with Crippen molar-refractivity contribution in [3.05, 3.63) is 35.8 Å². The quantitative estimate of drug-likeness (QED) is 0.821. The van der Waals surface area contributed by atoms with Crippen LogP contribution < -0.4 is 10.1 Å². The van der Waals surface area contributed by atoms with Crippen LogP contribution in [0.15, 0.2) is 18.3 Å². The number of nitriles is 1. The summed E-state index contributed by atoms with van der Waals surface area (Å²) in [5, 5.41) is 24.5. The van der Waals surface area contributed by atoms with E-state index in [2.05, 4.69) is 25.9 Å². The zero-order valence-corrected chi connectivity index (χ0v) is 11.9. The number of H-pyrrole nitrogens is 1. The summed E-state index contributed by atoms with van der Waals surface area (Å²) in [6, 6.07) is 4.05. The lowest BCUT2D eigenvalue weighted by Crippen LogP contribution is -2.25. The van der Waals surface area contributed by atoms with E-state index in [0.717, 1.165) is 31.4 Å². The maximum atomic E-state index is 14.0. The highest BCUT2D eigenvalue weighted by molar-refractivity contribution is 5.74. The van der Waals surface area contributed by atoms with Gasteiger partial charge in [0.05, 0.1) is 6.10 Å². The number of aromatic nitrogens is 4. The van der Waals surface area contributed by atoms with Crippen molar-refractivity contribution in [2.24, 2.45) is 0 Å². The smallest absolute Gasteiger partial charge is 0.216 e. The van der Waals surface area contributed by atoms with Crippen LogP contribution in [0.5, 0.6) is 5.75 Å². The van der Waals surface area contributed by atoms with Gasteiger partial charge in [0.1, 0.15) is 11.6 Å². The molecule has 0 bridgehead atoms. The molecule has 0 radical (unpaired) electrons. The van der Waals surface area contributed by atoms with E-state index in [1.807, 2.05) is 6.07 Å². The van der Waals surface area contributed by atoms with Crippen molar-refractivity contribution < 1.29 is 13.5 Å². The van der Waals surface area contributed by atoms with Gasteiger partial charge in [0.15, 0.2) is 17.4 Å². The molecule has 1 aromatic heterocycles. The number of tetrazole rings is 1. The molecule has 0 atom stereocenters. The number of ether oxygens (including phenoxy) is 1. The molecule has 0 spiro atoms. The summed E-state index contributed by atoms with van der Waals surface area (Å²) in [5.74, 6) is -1.90. The van der Waals surface area contributed by atoms with E-state index in [9.17, 15) is 8.78 Å². The van der Waals surface area contributed by atoms with E-state index >= 15 is 0 Å². The Kier molecular flexibility index (Phi) is 4.14. The normalized spacial score (nSPS) is 14.9. The molecule has 1 aliphatic rings. The minimum absolute atomic E-state index is 0.0642. The Balaban J connectivity index is 1.77. The van der Waals surface area contributed by atoms with E-state index in [-0.39, 0.29) is 28.9 Å². The second-order valence-corrected chi connectivity index (χ2v) is 4.99. The summed E-state index contributed by atoms with van der Waals surface area (Å²) in [6.45, 7) is 0. The molecule has 1 saturated carbocycles. The standard InChI is InChI=1S/C14H12F2N6O/c15-11-4-9(5-12(16)13(11)23-10-2-1-3-10)18-7-8(6-17)14-19-21-22-20-14/h4-5,7,10,18H,1-3H2,(H,19,20,21,22). The number of benzene rings is 1. The molecule has 2 aromatic rings. The van der Waals surface area contributed by atoms with Gasteiger partial charge < -0.3 is 10.1 Å². The summed E-state index contributed by atoms with van der Waals surface area (Å²) in [4.78, 5) is 0. The predicted octanol–water partition coefficient (Wildman–Crippen LogP) is 2.39. The molecule has 0 unspecified atom stereocenters. The molecule has 9 heteroatoms. The summed E-state index contributed by atoms with van der Waals surface area (Å²) in [5.41, 5.74) is 0.201. The van der Waals surface area contributed by atoms with Gasteiger partial charge in [-0.25, -0.2) is 8.78 Å². The number of hydrogen-bond acceptors (Lipinski definition) is 6. The first-order valence-electron chi connectivity index (χ1n) is 6.93. The van der Waals surface area contributed by atoms with Crippen LogP contribution in [0.3, 0.4) is 0 Å².